The van der Waals surface area contributed by atoms with Gasteiger partial charge in [0.25, 0.3) is 0 Å². The molecular formula is C12H14O. The molecule has 1 unspecified atom stereocenters. The molecule has 1 saturated carbocycles. The van der Waals surface area contributed by atoms with Gasteiger partial charge >= 0.3 is 0 Å². The maximum Gasteiger partial charge on any atom is 0.0971 e. The predicted octanol–water partition coefficient (Wildman–Crippen LogP) is 2.78. The van der Waals surface area contributed by atoms with E-state index in [0.717, 1.165) is 5.56 Å². The predicted molar refractivity (Wildman–Crippen MR) is 53.6 cm³/mol. The first kappa shape index (κ1) is 8.52. The van der Waals surface area contributed by atoms with Gasteiger partial charge in [0.05, 0.1) is 6.10 Å². The van der Waals surface area contributed by atoms with Crippen LogP contribution in [0.2, 0.25) is 0 Å². The Balaban J connectivity index is 2.36. The van der Waals surface area contributed by atoms with E-state index in [1.165, 1.54) is 18.4 Å². The van der Waals surface area contributed by atoms with Crippen molar-refractivity contribution in [3.63, 3.8) is 0 Å². The Morgan fingerprint density at radius 1 is 1.38 bits per heavy atom. The topological polar surface area (TPSA) is 20.2 Å². The van der Waals surface area contributed by atoms with E-state index in [1.54, 1.807) is 6.08 Å². The van der Waals surface area contributed by atoms with Crippen LogP contribution in [0.4, 0.5) is 0 Å². The fourth-order valence-corrected chi connectivity index (χ4v) is 1.67. The SMILES string of the molecule is C=CC(O)c1ccccc1C1CC1. The lowest BCUT2D eigenvalue weighted by Crippen LogP contribution is -1.97. The first-order valence-corrected chi connectivity index (χ1v) is 4.72. The van der Waals surface area contributed by atoms with Crippen LogP contribution in [0.1, 0.15) is 36.0 Å². The molecule has 13 heavy (non-hydrogen) atoms. The number of aliphatic hydroxyl groups excluding tert-OH is 1. The summed E-state index contributed by atoms with van der Waals surface area (Å²) in [6.07, 6.45) is 3.61. The van der Waals surface area contributed by atoms with Crippen molar-refractivity contribution in [1.29, 1.82) is 0 Å². The Bertz CT molecular complexity index is 313. The van der Waals surface area contributed by atoms with Crippen molar-refractivity contribution in [1.82, 2.24) is 0 Å². The molecule has 1 aliphatic carbocycles. The highest BCUT2D eigenvalue weighted by molar-refractivity contribution is 5.36. The van der Waals surface area contributed by atoms with Crippen LogP contribution in [-0.4, -0.2) is 5.11 Å². The molecule has 1 atom stereocenters. The normalized spacial score (nSPS) is 18.2. The van der Waals surface area contributed by atoms with E-state index >= 15 is 0 Å². The fourth-order valence-electron chi connectivity index (χ4n) is 1.67. The minimum Gasteiger partial charge on any atom is -0.384 e. The third-order valence-corrected chi connectivity index (χ3v) is 2.56. The van der Waals surface area contributed by atoms with E-state index in [0.29, 0.717) is 5.92 Å². The second-order valence-electron chi connectivity index (χ2n) is 3.58. The Kier molecular flexibility index (Phi) is 2.19. The lowest BCUT2D eigenvalue weighted by atomic mass is 9.99. The molecule has 0 heterocycles. The van der Waals surface area contributed by atoms with Gasteiger partial charge in [0.15, 0.2) is 0 Å². The van der Waals surface area contributed by atoms with Crippen LogP contribution < -0.4 is 0 Å². The van der Waals surface area contributed by atoms with Crippen LogP contribution in [0.3, 0.4) is 0 Å². The fraction of sp³-hybridized carbons (Fsp3) is 0.333. The highest BCUT2D eigenvalue weighted by Crippen LogP contribution is 2.42. The summed E-state index contributed by atoms with van der Waals surface area (Å²) in [5.74, 6) is 0.686. The van der Waals surface area contributed by atoms with E-state index in [9.17, 15) is 5.11 Å². The molecule has 1 aromatic carbocycles. The zero-order chi connectivity index (χ0) is 9.26. The van der Waals surface area contributed by atoms with Gasteiger partial charge in [-0.3, -0.25) is 0 Å². The lowest BCUT2D eigenvalue weighted by Gasteiger charge is -2.11. The molecule has 1 aromatic rings. The molecule has 0 aromatic heterocycles. The van der Waals surface area contributed by atoms with Gasteiger partial charge in [0.2, 0.25) is 0 Å². The molecule has 0 aliphatic heterocycles. The average molecular weight is 174 g/mol. The smallest absolute Gasteiger partial charge is 0.0971 e. The first-order chi connectivity index (χ1) is 6.33. The molecule has 1 aliphatic rings. The van der Waals surface area contributed by atoms with Gasteiger partial charge in [0, 0.05) is 0 Å². The lowest BCUT2D eigenvalue weighted by molar-refractivity contribution is 0.228. The second-order valence-corrected chi connectivity index (χ2v) is 3.58. The summed E-state index contributed by atoms with van der Waals surface area (Å²) < 4.78 is 0. The largest absolute Gasteiger partial charge is 0.384 e. The zero-order valence-corrected chi connectivity index (χ0v) is 7.61. The summed E-state index contributed by atoms with van der Waals surface area (Å²) in [4.78, 5) is 0. The Hall–Kier alpha value is -1.08. The number of aliphatic hydroxyl groups is 1. The molecule has 1 nitrogen and oxygen atoms in total. The first-order valence-electron chi connectivity index (χ1n) is 4.72. The molecular weight excluding hydrogens is 160 g/mol. The highest BCUT2D eigenvalue weighted by atomic mass is 16.3. The van der Waals surface area contributed by atoms with Crippen molar-refractivity contribution in [2.24, 2.45) is 0 Å². The average Bonchev–Trinajstić information content (AvgIpc) is 3.00. The number of benzene rings is 1. The van der Waals surface area contributed by atoms with Crippen molar-refractivity contribution >= 4 is 0 Å². The van der Waals surface area contributed by atoms with E-state index < -0.39 is 6.10 Å². The van der Waals surface area contributed by atoms with Gasteiger partial charge in [-0.25, -0.2) is 0 Å². The minimum atomic E-state index is -0.503. The molecule has 0 amide bonds. The molecule has 0 spiro atoms. The van der Waals surface area contributed by atoms with Crippen LogP contribution in [-0.2, 0) is 0 Å². The van der Waals surface area contributed by atoms with Gasteiger partial charge in [-0.15, -0.1) is 6.58 Å². The van der Waals surface area contributed by atoms with Crippen LogP contribution in [0, 0.1) is 0 Å². The van der Waals surface area contributed by atoms with Crippen LogP contribution in [0.5, 0.6) is 0 Å². The molecule has 2 rings (SSSR count). The van der Waals surface area contributed by atoms with Crippen molar-refractivity contribution in [3.8, 4) is 0 Å². The van der Waals surface area contributed by atoms with Gasteiger partial charge in [-0.1, -0.05) is 30.3 Å². The summed E-state index contributed by atoms with van der Waals surface area (Å²) in [6, 6.07) is 8.10. The van der Waals surface area contributed by atoms with Gasteiger partial charge in [-0.05, 0) is 29.9 Å². The molecule has 0 bridgehead atoms. The van der Waals surface area contributed by atoms with Crippen molar-refractivity contribution in [2.45, 2.75) is 24.9 Å². The summed E-state index contributed by atoms with van der Waals surface area (Å²) >= 11 is 0. The second kappa shape index (κ2) is 3.35. The minimum absolute atomic E-state index is 0.503. The molecule has 0 saturated heterocycles. The standard InChI is InChI=1S/C12H14O/c1-2-12(13)11-6-4-3-5-10(11)9-7-8-9/h2-6,9,12-13H,1,7-8H2. The third-order valence-electron chi connectivity index (χ3n) is 2.56. The molecule has 68 valence electrons. The summed E-state index contributed by atoms with van der Waals surface area (Å²) in [7, 11) is 0. The Labute approximate surface area is 78.7 Å². The van der Waals surface area contributed by atoms with Gasteiger partial charge in [0.1, 0.15) is 0 Å². The molecule has 1 N–H and O–H groups in total. The quantitative estimate of drug-likeness (QED) is 0.698. The summed E-state index contributed by atoms with van der Waals surface area (Å²) in [6.45, 7) is 3.61. The van der Waals surface area contributed by atoms with E-state index in [2.05, 4.69) is 12.6 Å². The molecule has 1 heteroatoms. The maximum atomic E-state index is 9.67. The van der Waals surface area contributed by atoms with E-state index in [-0.39, 0.29) is 0 Å². The van der Waals surface area contributed by atoms with Gasteiger partial charge in [-0.2, -0.15) is 0 Å². The van der Waals surface area contributed by atoms with Crippen LogP contribution in [0.25, 0.3) is 0 Å². The van der Waals surface area contributed by atoms with E-state index in [1.807, 2.05) is 18.2 Å². The monoisotopic (exact) mass is 174 g/mol. The zero-order valence-electron chi connectivity index (χ0n) is 7.61. The van der Waals surface area contributed by atoms with Crippen LogP contribution >= 0.6 is 0 Å². The number of hydrogen-bond acceptors (Lipinski definition) is 1. The molecule has 0 radical (unpaired) electrons. The van der Waals surface area contributed by atoms with E-state index in [4.69, 9.17) is 0 Å². The number of rotatable bonds is 3. The molecule has 1 fully saturated rings. The Morgan fingerprint density at radius 3 is 2.69 bits per heavy atom. The van der Waals surface area contributed by atoms with Crippen molar-refractivity contribution < 1.29 is 5.11 Å². The Morgan fingerprint density at radius 2 is 2.08 bits per heavy atom. The van der Waals surface area contributed by atoms with Gasteiger partial charge < -0.3 is 5.11 Å². The maximum absolute atomic E-state index is 9.67. The summed E-state index contributed by atoms with van der Waals surface area (Å²) in [5.41, 5.74) is 2.33. The summed E-state index contributed by atoms with van der Waals surface area (Å²) in [5, 5.41) is 9.67. The van der Waals surface area contributed by atoms with Crippen molar-refractivity contribution in [2.75, 3.05) is 0 Å². The van der Waals surface area contributed by atoms with Crippen LogP contribution in [0.15, 0.2) is 36.9 Å². The third kappa shape index (κ3) is 1.65. The van der Waals surface area contributed by atoms with Crippen molar-refractivity contribution in [3.05, 3.63) is 48.0 Å². The number of hydrogen-bond donors (Lipinski definition) is 1. The highest BCUT2D eigenvalue weighted by Gasteiger charge is 2.26.